The van der Waals surface area contributed by atoms with E-state index in [-0.39, 0.29) is 25.5 Å². The smallest absolute Gasteiger partial charge is 0.248 e. The zero-order chi connectivity index (χ0) is 21.1. The maximum absolute atomic E-state index is 13.5. The molecular weight excluding hydrogens is 458 g/mol. The third-order valence-electron chi connectivity index (χ3n) is 4.90. The summed E-state index contributed by atoms with van der Waals surface area (Å²) >= 11 is 3.19. The van der Waals surface area contributed by atoms with Crippen LogP contribution >= 0.6 is 15.9 Å². The van der Waals surface area contributed by atoms with Crippen molar-refractivity contribution in [2.75, 3.05) is 5.32 Å². The van der Waals surface area contributed by atoms with Gasteiger partial charge in [0.05, 0.1) is 18.1 Å². The molecule has 4 rings (SSSR count). The molecule has 1 fully saturated rings. The number of hydrogen-bond acceptors (Lipinski definition) is 6. The number of alkyl halides is 2. The summed E-state index contributed by atoms with van der Waals surface area (Å²) in [5.74, 6) is -0.789. The molecule has 0 atom stereocenters. The van der Waals surface area contributed by atoms with Gasteiger partial charge in [-0.1, -0.05) is 0 Å². The molecule has 7 nitrogen and oxygen atoms in total. The Morgan fingerprint density at radius 1 is 1.23 bits per heavy atom. The van der Waals surface area contributed by atoms with Gasteiger partial charge in [-0.25, -0.2) is 28.4 Å². The number of aromatic nitrogens is 5. The highest BCUT2D eigenvalue weighted by molar-refractivity contribution is 9.10. The fourth-order valence-corrected chi connectivity index (χ4v) is 3.53. The molecule has 3 aromatic heterocycles. The quantitative estimate of drug-likeness (QED) is 0.517. The van der Waals surface area contributed by atoms with Crippen LogP contribution in [0.4, 0.5) is 14.6 Å². The molecule has 10 heteroatoms. The molecule has 0 radical (unpaired) electrons. The zero-order valence-electron chi connectivity index (χ0n) is 16.4. The van der Waals surface area contributed by atoms with Gasteiger partial charge >= 0.3 is 0 Å². The van der Waals surface area contributed by atoms with Gasteiger partial charge in [-0.3, -0.25) is 0 Å². The second-order valence-electron chi connectivity index (χ2n) is 7.37. The van der Waals surface area contributed by atoms with Crippen molar-refractivity contribution in [1.82, 2.24) is 24.7 Å². The number of rotatable bonds is 6. The first-order valence-electron chi connectivity index (χ1n) is 9.65. The van der Waals surface area contributed by atoms with Crippen molar-refractivity contribution in [2.45, 2.75) is 51.2 Å². The second kappa shape index (κ2) is 8.63. The molecule has 1 N–H and O–H groups in total. The van der Waals surface area contributed by atoms with Gasteiger partial charge in [0.15, 0.2) is 16.3 Å². The van der Waals surface area contributed by atoms with E-state index in [9.17, 15) is 8.78 Å². The molecule has 3 aromatic rings. The molecule has 0 aliphatic heterocycles. The fourth-order valence-electron chi connectivity index (χ4n) is 3.32. The Hall–Kier alpha value is -2.62. The number of aryl methyl sites for hydroxylation is 1. The van der Waals surface area contributed by atoms with Crippen molar-refractivity contribution < 1.29 is 13.5 Å². The van der Waals surface area contributed by atoms with Crippen molar-refractivity contribution >= 4 is 21.7 Å². The van der Waals surface area contributed by atoms with Crippen molar-refractivity contribution in [2.24, 2.45) is 0 Å². The Morgan fingerprint density at radius 3 is 2.63 bits per heavy atom. The lowest BCUT2D eigenvalue weighted by atomic mass is 9.92. The highest BCUT2D eigenvalue weighted by Crippen LogP contribution is 2.34. The zero-order valence-corrected chi connectivity index (χ0v) is 17.9. The molecular formula is C20H21BrF2N6O. The molecule has 1 aliphatic rings. The number of nitrogens with one attached hydrogen (secondary N) is 1. The van der Waals surface area contributed by atoms with Gasteiger partial charge in [-0.05, 0) is 59.5 Å². The van der Waals surface area contributed by atoms with E-state index in [0.29, 0.717) is 35.0 Å². The first kappa shape index (κ1) is 20.6. The number of halogens is 3. The maximum Gasteiger partial charge on any atom is 0.248 e. The van der Waals surface area contributed by atoms with Crippen LogP contribution in [-0.2, 0) is 6.61 Å². The van der Waals surface area contributed by atoms with Gasteiger partial charge in [0.25, 0.3) is 0 Å². The van der Waals surface area contributed by atoms with Crippen molar-refractivity contribution in [3.05, 3.63) is 52.8 Å². The molecule has 1 aliphatic carbocycles. The lowest BCUT2D eigenvalue weighted by Gasteiger charge is -2.29. The SMILES string of the molecule is Cc1ccn(-c2cc(COc3cnc(Br)nc3)cc(NC3CCC(F)(F)CC3)n2)n1. The van der Waals surface area contributed by atoms with Crippen LogP contribution in [0.25, 0.3) is 5.82 Å². The summed E-state index contributed by atoms with van der Waals surface area (Å²) in [6, 6.07) is 5.60. The molecule has 30 heavy (non-hydrogen) atoms. The monoisotopic (exact) mass is 478 g/mol. The number of ether oxygens (including phenoxy) is 1. The minimum absolute atomic E-state index is 0.0413. The molecule has 158 valence electrons. The Balaban J connectivity index is 1.54. The van der Waals surface area contributed by atoms with Crippen LogP contribution in [-0.4, -0.2) is 36.7 Å². The first-order valence-corrected chi connectivity index (χ1v) is 10.4. The predicted molar refractivity (Wildman–Crippen MR) is 111 cm³/mol. The molecule has 0 spiro atoms. The molecule has 0 unspecified atom stereocenters. The Morgan fingerprint density at radius 2 is 1.97 bits per heavy atom. The van der Waals surface area contributed by atoms with E-state index in [2.05, 4.69) is 41.3 Å². The Bertz CT molecular complexity index is 1000. The number of hydrogen-bond donors (Lipinski definition) is 1. The average molecular weight is 479 g/mol. The van der Waals surface area contributed by atoms with Gasteiger partial charge in [-0.2, -0.15) is 5.10 Å². The van der Waals surface area contributed by atoms with Gasteiger partial charge in [0, 0.05) is 25.1 Å². The van der Waals surface area contributed by atoms with E-state index in [1.807, 2.05) is 31.3 Å². The normalized spacial score (nSPS) is 16.4. The Labute approximate surface area is 181 Å². The lowest BCUT2D eigenvalue weighted by Crippen LogP contribution is -2.32. The third kappa shape index (κ3) is 5.29. The van der Waals surface area contributed by atoms with Crippen LogP contribution in [0.1, 0.15) is 36.9 Å². The van der Waals surface area contributed by atoms with E-state index in [0.717, 1.165) is 11.3 Å². The van der Waals surface area contributed by atoms with Gasteiger partial charge in [0.1, 0.15) is 12.4 Å². The molecule has 0 saturated heterocycles. The fraction of sp³-hybridized carbons (Fsp3) is 0.400. The summed E-state index contributed by atoms with van der Waals surface area (Å²) in [4.78, 5) is 12.7. The number of pyridine rings is 1. The first-order chi connectivity index (χ1) is 14.4. The molecule has 0 bridgehead atoms. The van der Waals surface area contributed by atoms with Gasteiger partial charge < -0.3 is 10.1 Å². The standard InChI is InChI=1S/C20H21BrF2N6O/c1-13-4-7-29(28-13)18-9-14(12-30-16-10-24-19(21)25-11-16)8-17(27-18)26-15-2-5-20(22,23)6-3-15/h4,7-11,15H,2-3,5-6,12H2,1H3,(H,26,27). The van der Waals surface area contributed by atoms with E-state index in [1.165, 1.54) is 0 Å². The summed E-state index contributed by atoms with van der Waals surface area (Å²) in [7, 11) is 0. The number of anilines is 1. The van der Waals surface area contributed by atoms with Crippen LogP contribution in [0, 0.1) is 6.92 Å². The summed E-state index contributed by atoms with van der Waals surface area (Å²) in [5, 5.41) is 7.73. The van der Waals surface area contributed by atoms with Crippen molar-refractivity contribution in [3.8, 4) is 11.6 Å². The summed E-state index contributed by atoms with van der Waals surface area (Å²) in [6.07, 6.45) is 5.58. The molecule has 0 aromatic carbocycles. The van der Waals surface area contributed by atoms with Crippen LogP contribution < -0.4 is 10.1 Å². The van der Waals surface area contributed by atoms with Crippen molar-refractivity contribution in [1.29, 1.82) is 0 Å². The minimum Gasteiger partial charge on any atom is -0.486 e. The summed E-state index contributed by atoms with van der Waals surface area (Å²) < 4.78 is 34.9. The van der Waals surface area contributed by atoms with Crippen molar-refractivity contribution in [3.63, 3.8) is 0 Å². The Kier molecular flexibility index (Phi) is 5.94. The molecule has 3 heterocycles. The minimum atomic E-state index is -2.56. The van der Waals surface area contributed by atoms with Gasteiger partial charge in [-0.15, -0.1) is 0 Å². The van der Waals surface area contributed by atoms with E-state index < -0.39 is 5.92 Å². The highest BCUT2D eigenvalue weighted by Gasteiger charge is 2.35. The predicted octanol–water partition coefficient (Wildman–Crippen LogP) is 4.70. The largest absolute Gasteiger partial charge is 0.486 e. The van der Waals surface area contributed by atoms with Crippen LogP contribution in [0.5, 0.6) is 5.75 Å². The third-order valence-corrected chi connectivity index (χ3v) is 5.31. The van der Waals surface area contributed by atoms with E-state index >= 15 is 0 Å². The number of nitrogens with zero attached hydrogens (tertiary/aromatic N) is 5. The van der Waals surface area contributed by atoms with E-state index in [1.54, 1.807) is 17.1 Å². The second-order valence-corrected chi connectivity index (χ2v) is 8.08. The average Bonchev–Trinajstić information content (AvgIpc) is 3.16. The van der Waals surface area contributed by atoms with Crippen LogP contribution in [0.2, 0.25) is 0 Å². The van der Waals surface area contributed by atoms with Crippen LogP contribution in [0.15, 0.2) is 41.5 Å². The molecule has 0 amide bonds. The van der Waals surface area contributed by atoms with Gasteiger partial charge in [0.2, 0.25) is 5.92 Å². The topological polar surface area (TPSA) is 77.8 Å². The summed E-state index contributed by atoms with van der Waals surface area (Å²) in [6.45, 7) is 2.18. The molecule has 1 saturated carbocycles. The maximum atomic E-state index is 13.5. The highest BCUT2D eigenvalue weighted by atomic mass is 79.9. The van der Waals surface area contributed by atoms with E-state index in [4.69, 9.17) is 4.74 Å². The lowest BCUT2D eigenvalue weighted by molar-refractivity contribution is -0.0361. The van der Waals surface area contributed by atoms with Crippen LogP contribution in [0.3, 0.4) is 0 Å². The summed E-state index contributed by atoms with van der Waals surface area (Å²) in [5.41, 5.74) is 1.73.